The summed E-state index contributed by atoms with van der Waals surface area (Å²) in [6.07, 6.45) is 6.66. The number of carbonyl (C=O) groups is 1. The fourth-order valence-electron chi connectivity index (χ4n) is 3.87. The highest BCUT2D eigenvalue weighted by molar-refractivity contribution is 5.94. The molecule has 0 radical (unpaired) electrons. The van der Waals surface area contributed by atoms with Gasteiger partial charge in [0.1, 0.15) is 0 Å². The maximum Gasteiger partial charge on any atom is 0.251 e. The highest BCUT2D eigenvalue weighted by Crippen LogP contribution is 2.23. The minimum atomic E-state index is -0.0472. The van der Waals surface area contributed by atoms with Gasteiger partial charge in [-0.1, -0.05) is 55.7 Å². The predicted octanol–water partition coefficient (Wildman–Crippen LogP) is 4.26. The Morgan fingerprint density at radius 2 is 1.68 bits per heavy atom. The maximum absolute atomic E-state index is 12.4. The topological polar surface area (TPSA) is 58.4 Å². The molecule has 2 aromatic rings. The first-order chi connectivity index (χ1) is 13.2. The van der Waals surface area contributed by atoms with Crippen LogP contribution in [0.1, 0.15) is 59.2 Å². The van der Waals surface area contributed by atoms with Gasteiger partial charge in [0.15, 0.2) is 0 Å². The van der Waals surface area contributed by atoms with Crippen LogP contribution in [-0.4, -0.2) is 23.9 Å². The van der Waals surface area contributed by atoms with Gasteiger partial charge in [-0.25, -0.2) is 0 Å². The minimum absolute atomic E-state index is 0. The second kappa shape index (κ2) is 11.2. The van der Waals surface area contributed by atoms with Gasteiger partial charge in [0, 0.05) is 31.2 Å². The van der Waals surface area contributed by atoms with Crippen LogP contribution in [0.15, 0.2) is 48.5 Å². The number of rotatable bonds is 7. The van der Waals surface area contributed by atoms with E-state index >= 15 is 0 Å². The fourth-order valence-corrected chi connectivity index (χ4v) is 3.87. The summed E-state index contributed by atoms with van der Waals surface area (Å²) >= 11 is 0. The molecule has 4 nitrogen and oxygen atoms in total. The second-order valence-corrected chi connectivity index (χ2v) is 7.56. The minimum Gasteiger partial charge on any atom is -0.348 e. The van der Waals surface area contributed by atoms with Crippen molar-refractivity contribution in [2.24, 2.45) is 5.73 Å². The molecule has 2 aromatic carbocycles. The summed E-state index contributed by atoms with van der Waals surface area (Å²) in [6.45, 7) is 1.97. The smallest absolute Gasteiger partial charge is 0.251 e. The third kappa shape index (κ3) is 6.06. The van der Waals surface area contributed by atoms with Crippen molar-refractivity contribution in [3.63, 3.8) is 0 Å². The summed E-state index contributed by atoms with van der Waals surface area (Å²) in [4.78, 5) is 14.9. The molecule has 3 N–H and O–H groups in total. The van der Waals surface area contributed by atoms with E-state index in [1.165, 1.54) is 43.2 Å². The molecule has 1 amide bonds. The second-order valence-electron chi connectivity index (χ2n) is 7.56. The van der Waals surface area contributed by atoms with Crippen molar-refractivity contribution in [2.45, 2.75) is 57.8 Å². The van der Waals surface area contributed by atoms with Crippen molar-refractivity contribution in [2.75, 3.05) is 7.05 Å². The molecular formula is C23H32ClN3O. The average Bonchev–Trinajstić information content (AvgIpc) is 2.73. The number of amides is 1. The van der Waals surface area contributed by atoms with Crippen LogP contribution < -0.4 is 11.1 Å². The van der Waals surface area contributed by atoms with Gasteiger partial charge < -0.3 is 11.1 Å². The average molecular weight is 402 g/mol. The summed E-state index contributed by atoms with van der Waals surface area (Å²) in [7, 11) is 2.23. The first-order valence-corrected chi connectivity index (χ1v) is 10.0. The van der Waals surface area contributed by atoms with Crippen molar-refractivity contribution < 1.29 is 4.79 Å². The van der Waals surface area contributed by atoms with E-state index in [2.05, 4.69) is 35.5 Å². The van der Waals surface area contributed by atoms with Crippen LogP contribution in [0.4, 0.5) is 0 Å². The van der Waals surface area contributed by atoms with Gasteiger partial charge >= 0.3 is 0 Å². The highest BCUT2D eigenvalue weighted by Gasteiger charge is 2.18. The van der Waals surface area contributed by atoms with Crippen molar-refractivity contribution in [3.8, 4) is 0 Å². The van der Waals surface area contributed by atoms with Crippen molar-refractivity contribution in [3.05, 3.63) is 70.8 Å². The Labute approximate surface area is 174 Å². The molecule has 1 aliphatic rings. The summed E-state index contributed by atoms with van der Waals surface area (Å²) < 4.78 is 0. The van der Waals surface area contributed by atoms with Gasteiger partial charge in [-0.05, 0) is 48.7 Å². The highest BCUT2D eigenvalue weighted by atomic mass is 35.5. The number of nitrogens with two attached hydrogens (primary N) is 1. The van der Waals surface area contributed by atoms with Gasteiger partial charge in [0.2, 0.25) is 0 Å². The number of hydrogen-bond acceptors (Lipinski definition) is 3. The Balaban J connectivity index is 0.00000280. The molecule has 0 bridgehead atoms. The molecule has 0 atom stereocenters. The normalized spacial score (nSPS) is 14.5. The summed E-state index contributed by atoms with van der Waals surface area (Å²) in [5.41, 5.74) is 9.80. The molecular weight excluding hydrogens is 370 g/mol. The molecule has 0 saturated heterocycles. The van der Waals surface area contributed by atoms with Crippen LogP contribution in [0, 0.1) is 0 Å². The molecule has 0 spiro atoms. The molecule has 152 valence electrons. The molecule has 0 aliphatic heterocycles. The van der Waals surface area contributed by atoms with Gasteiger partial charge in [-0.2, -0.15) is 0 Å². The van der Waals surface area contributed by atoms with E-state index in [1.54, 1.807) is 0 Å². The zero-order chi connectivity index (χ0) is 19.1. The number of nitrogens with zero attached hydrogens (tertiary/aromatic N) is 1. The number of carbonyl (C=O) groups excluding carboxylic acids is 1. The van der Waals surface area contributed by atoms with E-state index in [0.29, 0.717) is 24.7 Å². The largest absolute Gasteiger partial charge is 0.348 e. The van der Waals surface area contributed by atoms with Crippen molar-refractivity contribution in [1.82, 2.24) is 10.2 Å². The molecule has 1 saturated carbocycles. The van der Waals surface area contributed by atoms with Crippen LogP contribution in [0.25, 0.3) is 0 Å². The number of nitrogens with one attached hydrogen (secondary N) is 1. The van der Waals surface area contributed by atoms with Crippen LogP contribution in [0.3, 0.4) is 0 Å². The first kappa shape index (κ1) is 22.4. The molecule has 0 heterocycles. The lowest BCUT2D eigenvalue weighted by Gasteiger charge is -2.31. The zero-order valence-corrected chi connectivity index (χ0v) is 17.5. The van der Waals surface area contributed by atoms with E-state index in [-0.39, 0.29) is 18.3 Å². The third-order valence-electron chi connectivity index (χ3n) is 5.63. The van der Waals surface area contributed by atoms with Crippen molar-refractivity contribution in [1.29, 1.82) is 0 Å². The van der Waals surface area contributed by atoms with Crippen LogP contribution in [0.5, 0.6) is 0 Å². The van der Waals surface area contributed by atoms with E-state index in [0.717, 1.165) is 12.1 Å². The monoisotopic (exact) mass is 401 g/mol. The maximum atomic E-state index is 12.4. The molecule has 28 heavy (non-hydrogen) atoms. The zero-order valence-electron chi connectivity index (χ0n) is 16.7. The first-order valence-electron chi connectivity index (χ1n) is 10.0. The van der Waals surface area contributed by atoms with Crippen LogP contribution in [0.2, 0.25) is 0 Å². The lowest BCUT2D eigenvalue weighted by Crippen LogP contribution is -2.33. The van der Waals surface area contributed by atoms with E-state index in [4.69, 9.17) is 5.73 Å². The summed E-state index contributed by atoms with van der Waals surface area (Å²) in [6, 6.07) is 16.6. The Morgan fingerprint density at radius 3 is 2.32 bits per heavy atom. The molecule has 0 aromatic heterocycles. The van der Waals surface area contributed by atoms with Gasteiger partial charge in [0.25, 0.3) is 5.91 Å². The number of benzene rings is 2. The molecule has 1 fully saturated rings. The van der Waals surface area contributed by atoms with E-state index in [9.17, 15) is 4.79 Å². The van der Waals surface area contributed by atoms with Crippen LogP contribution in [-0.2, 0) is 19.6 Å². The number of halogens is 1. The quantitative estimate of drug-likeness (QED) is 0.728. The van der Waals surface area contributed by atoms with Gasteiger partial charge in [-0.3, -0.25) is 9.69 Å². The lowest BCUT2D eigenvalue weighted by atomic mass is 9.94. The van der Waals surface area contributed by atoms with Gasteiger partial charge in [-0.15, -0.1) is 12.4 Å². The Bertz CT molecular complexity index is 742. The third-order valence-corrected chi connectivity index (χ3v) is 5.63. The Hall–Kier alpha value is -1.88. The lowest BCUT2D eigenvalue weighted by molar-refractivity contribution is 0.0950. The SMILES string of the molecule is CN(Cc1ccccc1CNC(=O)c1ccc(CN)cc1)C1CCCCC1.Cl. The summed E-state index contributed by atoms with van der Waals surface area (Å²) in [5, 5.41) is 3.06. The fraction of sp³-hybridized carbons (Fsp3) is 0.435. The van der Waals surface area contributed by atoms with Crippen LogP contribution >= 0.6 is 12.4 Å². The molecule has 1 aliphatic carbocycles. The Morgan fingerprint density at radius 1 is 1.04 bits per heavy atom. The Kier molecular flexibility index (Phi) is 8.97. The van der Waals surface area contributed by atoms with Crippen molar-refractivity contribution >= 4 is 18.3 Å². The van der Waals surface area contributed by atoms with E-state index in [1.807, 2.05) is 30.3 Å². The summed E-state index contributed by atoms with van der Waals surface area (Å²) in [5.74, 6) is -0.0472. The molecule has 5 heteroatoms. The molecule has 3 rings (SSSR count). The van der Waals surface area contributed by atoms with Gasteiger partial charge in [0.05, 0.1) is 0 Å². The standard InChI is InChI=1S/C23H31N3O.ClH/c1-26(22-9-3-2-4-10-22)17-21-8-6-5-7-20(21)16-25-23(27)19-13-11-18(15-24)12-14-19;/h5-8,11-14,22H,2-4,9-10,15-17,24H2,1H3,(H,25,27);1H. The number of hydrogen-bond donors (Lipinski definition) is 2. The van der Waals surface area contributed by atoms with E-state index < -0.39 is 0 Å². The molecule has 0 unspecified atom stereocenters. The predicted molar refractivity (Wildman–Crippen MR) is 118 cm³/mol.